The highest BCUT2D eigenvalue weighted by Crippen LogP contribution is 2.34. The molecule has 1 unspecified atom stereocenters. The van der Waals surface area contributed by atoms with E-state index in [1.807, 2.05) is 27.9 Å². The Hall–Kier alpha value is -3.36. The Labute approximate surface area is 188 Å². The van der Waals surface area contributed by atoms with Crippen LogP contribution in [0.2, 0.25) is 0 Å². The average Bonchev–Trinajstić information content (AvgIpc) is 3.27. The molecule has 1 saturated heterocycles. The second kappa shape index (κ2) is 9.84. The van der Waals surface area contributed by atoms with Crippen LogP contribution in [0.1, 0.15) is 52.6 Å². The molecule has 1 aliphatic rings. The molecular formula is C23H31N5O4. The molecule has 0 saturated carbocycles. The van der Waals surface area contributed by atoms with Gasteiger partial charge in [0.25, 0.3) is 11.8 Å². The lowest BCUT2D eigenvalue weighted by Crippen LogP contribution is -2.32. The second-order valence-electron chi connectivity index (χ2n) is 8.27. The summed E-state index contributed by atoms with van der Waals surface area (Å²) in [6, 6.07) is 5.25. The molecule has 0 bridgehead atoms. The van der Waals surface area contributed by atoms with E-state index in [9.17, 15) is 9.59 Å². The predicted octanol–water partition coefficient (Wildman–Crippen LogP) is 2.33. The maximum absolute atomic E-state index is 13.3. The Balaban J connectivity index is 1.90. The van der Waals surface area contributed by atoms with Crippen molar-refractivity contribution in [1.29, 1.82) is 0 Å². The summed E-state index contributed by atoms with van der Waals surface area (Å²) in [4.78, 5) is 38.6. The molecule has 9 nitrogen and oxygen atoms in total. The molecule has 2 aromatic rings. The standard InChI is InChI=1S/C23H31N5O4/c1-14(2)25-21(29)17-12-24-23(27(3)4)26-19(17)15-10-11-28(13-15)22(30)16-8-7-9-18(31-5)20(16)32-6/h7-9,12,14-15H,10-11,13H2,1-6H3,(H,25,29). The lowest BCUT2D eigenvalue weighted by Gasteiger charge is -2.21. The maximum atomic E-state index is 13.3. The van der Waals surface area contributed by atoms with Gasteiger partial charge in [0.15, 0.2) is 11.5 Å². The summed E-state index contributed by atoms with van der Waals surface area (Å²) in [6.45, 7) is 4.82. The molecule has 1 aromatic heterocycles. The van der Waals surface area contributed by atoms with Crippen LogP contribution in [0.4, 0.5) is 5.95 Å². The van der Waals surface area contributed by atoms with Crippen LogP contribution >= 0.6 is 0 Å². The third-order valence-corrected chi connectivity index (χ3v) is 5.37. The van der Waals surface area contributed by atoms with Crippen molar-refractivity contribution >= 4 is 17.8 Å². The summed E-state index contributed by atoms with van der Waals surface area (Å²) >= 11 is 0. The quantitative estimate of drug-likeness (QED) is 0.704. The van der Waals surface area contributed by atoms with Crippen LogP contribution in [-0.4, -0.2) is 74.1 Å². The Bertz CT molecular complexity index is 992. The molecule has 1 aliphatic heterocycles. The molecule has 0 spiro atoms. The van der Waals surface area contributed by atoms with Gasteiger partial charge in [-0.3, -0.25) is 9.59 Å². The van der Waals surface area contributed by atoms with Crippen molar-refractivity contribution in [1.82, 2.24) is 20.2 Å². The highest BCUT2D eigenvalue weighted by molar-refractivity contribution is 5.98. The molecule has 1 aromatic carbocycles. The minimum atomic E-state index is -0.209. The number of para-hydroxylation sites is 1. The molecule has 1 atom stereocenters. The lowest BCUT2D eigenvalue weighted by atomic mass is 9.99. The van der Waals surface area contributed by atoms with Gasteiger partial charge in [0.1, 0.15) is 0 Å². The van der Waals surface area contributed by atoms with Crippen LogP contribution in [0.25, 0.3) is 0 Å². The number of nitrogens with zero attached hydrogens (tertiary/aromatic N) is 4. The zero-order valence-corrected chi connectivity index (χ0v) is 19.5. The number of nitrogens with one attached hydrogen (secondary N) is 1. The summed E-state index contributed by atoms with van der Waals surface area (Å²) in [7, 11) is 6.77. The predicted molar refractivity (Wildman–Crippen MR) is 122 cm³/mol. The van der Waals surface area contributed by atoms with Crippen molar-refractivity contribution in [3.63, 3.8) is 0 Å². The van der Waals surface area contributed by atoms with Crippen molar-refractivity contribution in [2.75, 3.05) is 46.3 Å². The molecule has 1 N–H and O–H groups in total. The first-order chi connectivity index (χ1) is 15.3. The van der Waals surface area contributed by atoms with Gasteiger partial charge in [-0.05, 0) is 32.4 Å². The van der Waals surface area contributed by atoms with E-state index in [1.165, 1.54) is 7.11 Å². The molecule has 9 heteroatoms. The largest absolute Gasteiger partial charge is 0.493 e. The zero-order chi connectivity index (χ0) is 23.4. The summed E-state index contributed by atoms with van der Waals surface area (Å²) in [6.07, 6.45) is 2.27. The average molecular weight is 442 g/mol. The fourth-order valence-electron chi connectivity index (χ4n) is 3.82. The van der Waals surface area contributed by atoms with Gasteiger partial charge >= 0.3 is 0 Å². The molecule has 0 aliphatic carbocycles. The van der Waals surface area contributed by atoms with Gasteiger partial charge in [0, 0.05) is 45.3 Å². The number of likely N-dealkylation sites (tertiary alicyclic amines) is 1. The first-order valence-electron chi connectivity index (χ1n) is 10.6. The van der Waals surface area contributed by atoms with Gasteiger partial charge in [-0.1, -0.05) is 6.07 Å². The van der Waals surface area contributed by atoms with E-state index in [-0.39, 0.29) is 23.8 Å². The Morgan fingerprint density at radius 2 is 1.94 bits per heavy atom. The second-order valence-corrected chi connectivity index (χ2v) is 8.27. The summed E-state index contributed by atoms with van der Waals surface area (Å²) in [5, 5.41) is 2.92. The number of methoxy groups -OCH3 is 2. The van der Waals surface area contributed by atoms with E-state index >= 15 is 0 Å². The van der Waals surface area contributed by atoms with Crippen molar-refractivity contribution in [3.05, 3.63) is 41.2 Å². The van der Waals surface area contributed by atoms with E-state index < -0.39 is 0 Å². The monoisotopic (exact) mass is 441 g/mol. The third kappa shape index (κ3) is 4.76. The highest BCUT2D eigenvalue weighted by atomic mass is 16.5. The van der Waals surface area contributed by atoms with Crippen molar-refractivity contribution in [2.24, 2.45) is 0 Å². The van der Waals surface area contributed by atoms with Crippen molar-refractivity contribution < 1.29 is 19.1 Å². The Kier molecular flexibility index (Phi) is 7.17. The topological polar surface area (TPSA) is 96.9 Å². The van der Waals surface area contributed by atoms with Crippen LogP contribution in [0.5, 0.6) is 11.5 Å². The van der Waals surface area contributed by atoms with E-state index in [0.29, 0.717) is 53.8 Å². The molecule has 0 radical (unpaired) electrons. The Morgan fingerprint density at radius 1 is 1.19 bits per heavy atom. The zero-order valence-electron chi connectivity index (χ0n) is 19.5. The minimum Gasteiger partial charge on any atom is -0.493 e. The van der Waals surface area contributed by atoms with Gasteiger partial charge in [0.2, 0.25) is 5.95 Å². The number of hydrogen-bond acceptors (Lipinski definition) is 7. The number of hydrogen-bond donors (Lipinski definition) is 1. The normalized spacial score (nSPS) is 15.6. The van der Waals surface area contributed by atoms with Gasteiger partial charge in [-0.25, -0.2) is 9.97 Å². The number of anilines is 1. The van der Waals surface area contributed by atoms with Gasteiger partial charge in [-0.2, -0.15) is 0 Å². The third-order valence-electron chi connectivity index (χ3n) is 5.37. The first-order valence-corrected chi connectivity index (χ1v) is 10.6. The Morgan fingerprint density at radius 3 is 2.56 bits per heavy atom. The summed E-state index contributed by atoms with van der Waals surface area (Å²) in [5.74, 6) is 1.02. The molecule has 3 rings (SSSR count). The van der Waals surface area contributed by atoms with E-state index in [0.717, 1.165) is 0 Å². The lowest BCUT2D eigenvalue weighted by molar-refractivity contribution is 0.0786. The van der Waals surface area contributed by atoms with Crippen LogP contribution < -0.4 is 19.7 Å². The van der Waals surface area contributed by atoms with Gasteiger partial charge in [-0.15, -0.1) is 0 Å². The van der Waals surface area contributed by atoms with Crippen LogP contribution in [0.15, 0.2) is 24.4 Å². The number of benzene rings is 1. The van der Waals surface area contributed by atoms with Gasteiger partial charge in [0.05, 0.1) is 31.0 Å². The molecule has 2 heterocycles. The first kappa shape index (κ1) is 23.3. The molecule has 2 amide bonds. The molecule has 32 heavy (non-hydrogen) atoms. The van der Waals surface area contributed by atoms with E-state index in [2.05, 4.69) is 15.3 Å². The number of amides is 2. The van der Waals surface area contributed by atoms with Crippen LogP contribution in [-0.2, 0) is 0 Å². The number of rotatable bonds is 7. The van der Waals surface area contributed by atoms with Crippen molar-refractivity contribution in [3.8, 4) is 11.5 Å². The molecule has 1 fully saturated rings. The van der Waals surface area contributed by atoms with E-state index in [4.69, 9.17) is 9.47 Å². The van der Waals surface area contributed by atoms with Crippen LogP contribution in [0.3, 0.4) is 0 Å². The van der Waals surface area contributed by atoms with Gasteiger partial charge < -0.3 is 24.6 Å². The van der Waals surface area contributed by atoms with Crippen molar-refractivity contribution in [2.45, 2.75) is 32.2 Å². The molecular weight excluding hydrogens is 410 g/mol. The summed E-state index contributed by atoms with van der Waals surface area (Å²) in [5.41, 5.74) is 1.55. The highest BCUT2D eigenvalue weighted by Gasteiger charge is 2.33. The fourth-order valence-corrected chi connectivity index (χ4v) is 3.82. The minimum absolute atomic E-state index is 0.00828. The van der Waals surface area contributed by atoms with Crippen LogP contribution in [0, 0.1) is 0 Å². The fraction of sp³-hybridized carbons (Fsp3) is 0.478. The number of aromatic nitrogens is 2. The smallest absolute Gasteiger partial charge is 0.257 e. The maximum Gasteiger partial charge on any atom is 0.257 e. The number of carbonyl (C=O) groups is 2. The number of ether oxygens (including phenoxy) is 2. The molecule has 172 valence electrons. The number of carbonyl (C=O) groups excluding carboxylic acids is 2. The summed E-state index contributed by atoms with van der Waals surface area (Å²) < 4.78 is 10.8. The van der Waals surface area contributed by atoms with E-state index in [1.54, 1.807) is 41.3 Å². The SMILES string of the molecule is COc1cccc(C(=O)N2CCC(c3nc(N(C)C)ncc3C(=O)NC(C)C)C2)c1OC.